The molecule has 1 heterocycles. The minimum atomic E-state index is -4.41. The third-order valence-electron chi connectivity index (χ3n) is 3.79. The molecule has 3 nitrogen and oxygen atoms in total. The van der Waals surface area contributed by atoms with E-state index in [2.05, 4.69) is 10.2 Å². The number of piperidine rings is 1. The van der Waals surface area contributed by atoms with Crippen molar-refractivity contribution in [1.82, 2.24) is 4.90 Å². The van der Waals surface area contributed by atoms with Crippen molar-refractivity contribution in [3.8, 4) is 0 Å². The zero-order valence-corrected chi connectivity index (χ0v) is 12.1. The summed E-state index contributed by atoms with van der Waals surface area (Å²) >= 11 is 0. The maximum absolute atomic E-state index is 13.0. The summed E-state index contributed by atoms with van der Waals surface area (Å²) in [6.45, 7) is 3.03. The van der Waals surface area contributed by atoms with Crippen LogP contribution in [0.4, 0.5) is 18.9 Å². The number of alkyl halides is 3. The first-order chi connectivity index (χ1) is 9.75. The molecule has 1 aliphatic heterocycles. The topological polar surface area (TPSA) is 32.3 Å². The highest BCUT2D eigenvalue weighted by atomic mass is 19.4. The largest absolute Gasteiger partial charge is 0.416 e. The number of hydrogen-bond donors (Lipinski definition) is 1. The van der Waals surface area contributed by atoms with Gasteiger partial charge in [-0.05, 0) is 62.7 Å². The van der Waals surface area contributed by atoms with Gasteiger partial charge in [0.05, 0.1) is 5.56 Å². The fraction of sp³-hybridized carbons (Fsp3) is 0.533. The number of carbonyl (C=O) groups excluding carboxylic acids is 1. The standard InChI is InChI=1S/C15H19F3N2O/c1-10(21)19-14-8-12(7-13(9-14)15(16,17)18)11-3-5-20(2)6-4-11/h7-9,11H,3-6H2,1-2H3,(H,19,21). The summed E-state index contributed by atoms with van der Waals surface area (Å²) in [6, 6.07) is 3.85. The molecule has 0 radical (unpaired) electrons. The van der Waals surface area contributed by atoms with E-state index in [1.807, 2.05) is 7.05 Å². The van der Waals surface area contributed by atoms with Crippen molar-refractivity contribution in [3.63, 3.8) is 0 Å². The molecule has 0 bridgehead atoms. The molecule has 0 aliphatic carbocycles. The Hall–Kier alpha value is -1.56. The maximum atomic E-state index is 13.0. The zero-order valence-electron chi connectivity index (χ0n) is 12.1. The van der Waals surface area contributed by atoms with Gasteiger partial charge < -0.3 is 10.2 Å². The molecule has 0 spiro atoms. The van der Waals surface area contributed by atoms with Crippen LogP contribution in [0.2, 0.25) is 0 Å². The van der Waals surface area contributed by atoms with Gasteiger partial charge in [-0.3, -0.25) is 4.79 Å². The number of anilines is 1. The average molecular weight is 300 g/mol. The van der Waals surface area contributed by atoms with Crippen LogP contribution in [0, 0.1) is 0 Å². The highest BCUT2D eigenvalue weighted by Crippen LogP contribution is 2.36. The summed E-state index contributed by atoms with van der Waals surface area (Å²) in [6.07, 6.45) is -2.75. The Labute approximate surface area is 122 Å². The third-order valence-corrected chi connectivity index (χ3v) is 3.79. The second kappa shape index (κ2) is 6.05. The lowest BCUT2D eigenvalue weighted by atomic mass is 9.88. The molecule has 1 amide bonds. The molecule has 21 heavy (non-hydrogen) atoms. The van der Waals surface area contributed by atoms with E-state index in [1.165, 1.54) is 13.0 Å². The zero-order chi connectivity index (χ0) is 15.6. The predicted molar refractivity (Wildman–Crippen MR) is 75.2 cm³/mol. The van der Waals surface area contributed by atoms with Gasteiger partial charge in [-0.2, -0.15) is 13.2 Å². The van der Waals surface area contributed by atoms with Crippen molar-refractivity contribution in [2.75, 3.05) is 25.5 Å². The number of likely N-dealkylation sites (tertiary alicyclic amines) is 1. The Morgan fingerprint density at radius 1 is 1.24 bits per heavy atom. The fourth-order valence-corrected chi connectivity index (χ4v) is 2.67. The van der Waals surface area contributed by atoms with Crippen molar-refractivity contribution in [3.05, 3.63) is 29.3 Å². The van der Waals surface area contributed by atoms with Crippen molar-refractivity contribution in [1.29, 1.82) is 0 Å². The SMILES string of the molecule is CC(=O)Nc1cc(C2CCN(C)CC2)cc(C(F)(F)F)c1. The first-order valence-corrected chi connectivity index (χ1v) is 6.94. The van der Waals surface area contributed by atoms with Crippen LogP contribution in [0.15, 0.2) is 18.2 Å². The molecule has 116 valence electrons. The van der Waals surface area contributed by atoms with Gasteiger partial charge in [-0.15, -0.1) is 0 Å². The monoisotopic (exact) mass is 300 g/mol. The molecule has 0 atom stereocenters. The molecule has 0 aromatic heterocycles. The van der Waals surface area contributed by atoms with Crippen molar-refractivity contribution in [2.45, 2.75) is 31.9 Å². The molecule has 1 aliphatic rings. The van der Waals surface area contributed by atoms with Crippen LogP contribution in [-0.4, -0.2) is 30.9 Å². The molecule has 2 rings (SSSR count). The Kier molecular flexibility index (Phi) is 4.56. The van der Waals surface area contributed by atoms with E-state index < -0.39 is 11.7 Å². The second-order valence-corrected chi connectivity index (χ2v) is 5.60. The number of benzene rings is 1. The fourth-order valence-electron chi connectivity index (χ4n) is 2.67. The van der Waals surface area contributed by atoms with Gasteiger partial charge in [0.25, 0.3) is 0 Å². The number of nitrogens with one attached hydrogen (secondary N) is 1. The molecule has 1 aromatic carbocycles. The highest BCUT2D eigenvalue weighted by Gasteiger charge is 2.32. The van der Waals surface area contributed by atoms with Gasteiger partial charge in [0, 0.05) is 12.6 Å². The number of halogens is 3. The lowest BCUT2D eigenvalue weighted by Gasteiger charge is -2.29. The van der Waals surface area contributed by atoms with Crippen LogP contribution in [-0.2, 0) is 11.0 Å². The van der Waals surface area contributed by atoms with E-state index in [0.717, 1.165) is 32.0 Å². The van der Waals surface area contributed by atoms with E-state index in [1.54, 1.807) is 6.07 Å². The molecule has 1 N–H and O–H groups in total. The summed E-state index contributed by atoms with van der Waals surface area (Å²) in [4.78, 5) is 13.3. The van der Waals surface area contributed by atoms with Crippen LogP contribution in [0.5, 0.6) is 0 Å². The highest BCUT2D eigenvalue weighted by molar-refractivity contribution is 5.88. The number of nitrogens with zero attached hydrogens (tertiary/aromatic N) is 1. The summed E-state index contributed by atoms with van der Waals surface area (Å²) in [5, 5.41) is 2.46. The van der Waals surface area contributed by atoms with Gasteiger partial charge in [-0.1, -0.05) is 0 Å². The maximum Gasteiger partial charge on any atom is 0.416 e. The molecular formula is C15H19F3N2O. The number of amides is 1. The number of hydrogen-bond acceptors (Lipinski definition) is 2. The second-order valence-electron chi connectivity index (χ2n) is 5.60. The molecule has 1 fully saturated rings. The van der Waals surface area contributed by atoms with E-state index >= 15 is 0 Å². The Balaban J connectivity index is 2.33. The van der Waals surface area contributed by atoms with Crippen molar-refractivity contribution in [2.24, 2.45) is 0 Å². The minimum Gasteiger partial charge on any atom is -0.326 e. The van der Waals surface area contributed by atoms with Crippen molar-refractivity contribution >= 4 is 11.6 Å². The van der Waals surface area contributed by atoms with Gasteiger partial charge in [-0.25, -0.2) is 0 Å². The van der Waals surface area contributed by atoms with Gasteiger partial charge in [0.1, 0.15) is 0 Å². The summed E-state index contributed by atoms with van der Waals surface area (Å²) in [7, 11) is 2.01. The van der Waals surface area contributed by atoms with E-state index in [-0.39, 0.29) is 17.5 Å². The van der Waals surface area contributed by atoms with Crippen LogP contribution in [0.25, 0.3) is 0 Å². The molecular weight excluding hydrogens is 281 g/mol. The summed E-state index contributed by atoms with van der Waals surface area (Å²) in [5.74, 6) is -0.264. The third kappa shape index (κ3) is 4.20. The number of carbonyl (C=O) groups is 1. The molecule has 0 saturated carbocycles. The average Bonchev–Trinajstić information content (AvgIpc) is 2.37. The van der Waals surface area contributed by atoms with Gasteiger partial charge in [0.2, 0.25) is 5.91 Å². The molecule has 6 heteroatoms. The first-order valence-electron chi connectivity index (χ1n) is 6.94. The number of rotatable bonds is 2. The van der Waals surface area contributed by atoms with Crippen molar-refractivity contribution < 1.29 is 18.0 Å². The Bertz CT molecular complexity index is 520. The molecule has 1 aromatic rings. The van der Waals surface area contributed by atoms with Gasteiger partial charge in [0.15, 0.2) is 0 Å². The summed E-state index contributed by atoms with van der Waals surface area (Å²) < 4.78 is 39.0. The normalized spacial score (nSPS) is 17.8. The Morgan fingerprint density at radius 2 is 1.86 bits per heavy atom. The van der Waals surface area contributed by atoms with Gasteiger partial charge >= 0.3 is 6.18 Å². The van der Waals surface area contributed by atoms with Crippen LogP contribution >= 0.6 is 0 Å². The van der Waals surface area contributed by atoms with Crippen LogP contribution < -0.4 is 5.32 Å². The Morgan fingerprint density at radius 3 is 2.38 bits per heavy atom. The quantitative estimate of drug-likeness (QED) is 0.907. The van der Waals surface area contributed by atoms with Crippen LogP contribution in [0.1, 0.15) is 36.8 Å². The lowest BCUT2D eigenvalue weighted by molar-refractivity contribution is -0.137. The van der Waals surface area contributed by atoms with E-state index in [0.29, 0.717) is 5.56 Å². The lowest BCUT2D eigenvalue weighted by Crippen LogP contribution is -2.29. The minimum absolute atomic E-state index is 0.107. The first kappa shape index (κ1) is 15.8. The molecule has 0 unspecified atom stereocenters. The molecule has 1 saturated heterocycles. The van der Waals surface area contributed by atoms with E-state index in [4.69, 9.17) is 0 Å². The van der Waals surface area contributed by atoms with Crippen LogP contribution in [0.3, 0.4) is 0 Å². The summed E-state index contributed by atoms with van der Waals surface area (Å²) in [5.41, 5.74) is 0.163. The predicted octanol–water partition coefficient (Wildman–Crippen LogP) is 3.47. The van der Waals surface area contributed by atoms with E-state index in [9.17, 15) is 18.0 Å². The smallest absolute Gasteiger partial charge is 0.326 e.